The van der Waals surface area contributed by atoms with E-state index in [-0.39, 0.29) is 117 Å². The molecule has 3 atom stereocenters. The van der Waals surface area contributed by atoms with E-state index in [0.717, 1.165) is 67.6 Å². The van der Waals surface area contributed by atoms with Gasteiger partial charge in [0.1, 0.15) is 12.2 Å². The quantitative estimate of drug-likeness (QED) is 0.304. The molecule has 0 spiro atoms. The number of aliphatic hydroxyl groups is 1. The Morgan fingerprint density at radius 2 is 1.24 bits per heavy atom. The predicted octanol–water partition coefficient (Wildman–Crippen LogP) is 4.74. The van der Waals surface area contributed by atoms with Crippen LogP contribution in [-0.4, -0.2) is 36.3 Å². The van der Waals surface area contributed by atoms with Crippen molar-refractivity contribution in [2.75, 3.05) is 6.61 Å². The first kappa shape index (κ1) is 36.0. The summed E-state index contributed by atoms with van der Waals surface area (Å²) in [5.41, 5.74) is 3.64. The molecule has 8 heteroatoms. The van der Waals surface area contributed by atoms with Crippen LogP contribution in [0.5, 0.6) is 17.2 Å². The van der Waals surface area contributed by atoms with Crippen LogP contribution >= 0.6 is 0 Å². The molecule has 0 aromatic heterocycles. The molecular weight excluding hydrogens is 707 g/mol. The van der Waals surface area contributed by atoms with Gasteiger partial charge in [0.05, 0.1) is 12.7 Å². The Labute approximate surface area is 301 Å². The summed E-state index contributed by atoms with van der Waals surface area (Å²) in [6.07, 6.45) is 6.83. The molecule has 1 N–H and O–H groups in total. The Morgan fingerprint density at radius 3 is 1.76 bits per heavy atom. The molecule has 0 aliphatic carbocycles. The molecule has 5 nitrogen and oxygen atoms in total. The SMILES string of the molecule is CC1CCc2c[c-]ccc2O1.O=CC1CCc2c[c-]ccc2O1.OCC1CCc2c[c-]ccc2O1.[Y].[Y].[Y]. The zero-order chi connectivity index (χ0) is 24.5. The minimum Gasteiger partial charge on any atom is -0.516 e. The second-order valence-corrected chi connectivity index (χ2v) is 8.86. The van der Waals surface area contributed by atoms with Crippen LogP contribution in [0.1, 0.15) is 42.9 Å². The Morgan fingerprint density at radius 1 is 0.763 bits per heavy atom. The predicted molar refractivity (Wildman–Crippen MR) is 133 cm³/mol. The molecule has 3 aromatic carbocycles. The monoisotopic (exact) mass is 738 g/mol. The molecule has 3 unspecified atom stereocenters. The van der Waals surface area contributed by atoms with Crippen LogP contribution in [0, 0.1) is 18.2 Å². The molecule has 0 amide bonds. The van der Waals surface area contributed by atoms with Gasteiger partial charge in [0.2, 0.25) is 0 Å². The molecule has 0 saturated carbocycles. The summed E-state index contributed by atoms with van der Waals surface area (Å²) >= 11 is 0. The topological polar surface area (TPSA) is 65.0 Å². The van der Waals surface area contributed by atoms with E-state index in [2.05, 4.69) is 25.1 Å². The fraction of sp³-hybridized carbons (Fsp3) is 0.367. The average molecular weight is 738 g/mol. The van der Waals surface area contributed by atoms with Gasteiger partial charge in [0.15, 0.2) is 6.29 Å². The van der Waals surface area contributed by atoms with E-state index >= 15 is 0 Å². The Hall–Kier alpha value is 0.00169. The van der Waals surface area contributed by atoms with Crippen molar-refractivity contribution in [3.63, 3.8) is 0 Å². The van der Waals surface area contributed by atoms with E-state index in [9.17, 15) is 4.79 Å². The maximum Gasteiger partial charge on any atom is 0.160 e. The fourth-order valence-electron chi connectivity index (χ4n) is 4.22. The third-order valence-corrected chi connectivity index (χ3v) is 6.22. The maximum absolute atomic E-state index is 10.4. The van der Waals surface area contributed by atoms with E-state index in [4.69, 9.17) is 19.3 Å². The summed E-state index contributed by atoms with van der Waals surface area (Å²) in [4.78, 5) is 10.4. The van der Waals surface area contributed by atoms with Crippen molar-refractivity contribution in [3.05, 3.63) is 89.5 Å². The summed E-state index contributed by atoms with van der Waals surface area (Å²) in [5.74, 6) is 2.78. The van der Waals surface area contributed by atoms with Crippen LogP contribution in [0.3, 0.4) is 0 Å². The first-order chi connectivity index (χ1) is 17.2. The third-order valence-electron chi connectivity index (χ3n) is 6.22. The molecule has 3 aliphatic rings. The van der Waals surface area contributed by atoms with E-state index in [1.165, 1.54) is 11.1 Å². The minimum absolute atomic E-state index is 0. The van der Waals surface area contributed by atoms with Gasteiger partial charge in [-0.15, -0.1) is 34.9 Å². The van der Waals surface area contributed by atoms with E-state index in [0.29, 0.717) is 6.10 Å². The average Bonchev–Trinajstić information content (AvgIpc) is 2.93. The molecule has 3 heterocycles. The number of aldehydes is 1. The first-order valence-corrected chi connectivity index (χ1v) is 12.2. The van der Waals surface area contributed by atoms with Crippen LogP contribution in [0.15, 0.2) is 54.6 Å². The molecule has 3 radical (unpaired) electrons. The molecule has 6 rings (SSSR count). The van der Waals surface area contributed by atoms with E-state index < -0.39 is 0 Å². The molecule has 0 bridgehead atoms. The smallest absolute Gasteiger partial charge is 0.160 e. The van der Waals surface area contributed by atoms with Crippen molar-refractivity contribution in [1.29, 1.82) is 0 Å². The Kier molecular flexibility index (Phi) is 18.2. The number of carbonyl (C=O) groups excluding carboxylic acids is 1. The van der Waals surface area contributed by atoms with Crippen LogP contribution < -0.4 is 14.2 Å². The number of hydrogen-bond acceptors (Lipinski definition) is 5. The summed E-state index contributed by atoms with van der Waals surface area (Å²) in [5, 5.41) is 8.88. The standard InChI is InChI=1S/C10H11O2.C10H9O2.C10H11O.3Y/c2*11-7-9-6-5-8-3-1-2-4-10(8)12-9;1-8-6-7-9-4-2-3-5-10(9)11-8;;;/h2-4,9,11H,5-7H2;2-4,7,9H,5-6H2;3-5,8H,6-7H2,1H3;;;/q3*-1;;;. The zero-order valence-corrected chi connectivity index (χ0v) is 30.3. The van der Waals surface area contributed by atoms with Gasteiger partial charge in [-0.3, -0.25) is 4.79 Å². The van der Waals surface area contributed by atoms with Crippen LogP contribution in [-0.2, 0) is 122 Å². The summed E-state index contributed by atoms with van der Waals surface area (Å²) in [7, 11) is 0. The van der Waals surface area contributed by atoms with E-state index in [1.807, 2.05) is 48.5 Å². The Balaban J connectivity index is 0.000000274. The molecule has 193 valence electrons. The summed E-state index contributed by atoms with van der Waals surface area (Å²) in [6, 6.07) is 26.2. The van der Waals surface area contributed by atoms with Gasteiger partial charge >= 0.3 is 0 Å². The maximum atomic E-state index is 10.4. The van der Waals surface area contributed by atoms with Gasteiger partial charge in [0, 0.05) is 115 Å². The van der Waals surface area contributed by atoms with Gasteiger partial charge in [0.25, 0.3) is 0 Å². The number of benzene rings is 3. The van der Waals surface area contributed by atoms with Crippen molar-refractivity contribution in [2.45, 2.75) is 63.8 Å². The van der Waals surface area contributed by atoms with Gasteiger partial charge in [-0.1, -0.05) is 19.3 Å². The van der Waals surface area contributed by atoms with Crippen molar-refractivity contribution < 1.29 is 122 Å². The number of fused-ring (bicyclic) bond motifs is 3. The van der Waals surface area contributed by atoms with Crippen molar-refractivity contribution in [2.24, 2.45) is 0 Å². The second-order valence-electron chi connectivity index (χ2n) is 8.86. The first-order valence-electron chi connectivity index (χ1n) is 12.2. The molecule has 0 fully saturated rings. The number of rotatable bonds is 2. The van der Waals surface area contributed by atoms with Crippen LogP contribution in [0.25, 0.3) is 0 Å². The normalized spacial score (nSPS) is 19.7. The van der Waals surface area contributed by atoms with Crippen LogP contribution in [0.4, 0.5) is 0 Å². The van der Waals surface area contributed by atoms with Gasteiger partial charge < -0.3 is 19.3 Å². The molecular formula is C30H31O5Y3-3. The van der Waals surface area contributed by atoms with E-state index in [1.54, 1.807) is 6.07 Å². The number of hydrogen-bond donors (Lipinski definition) is 1. The van der Waals surface area contributed by atoms with Crippen molar-refractivity contribution in [1.82, 2.24) is 0 Å². The van der Waals surface area contributed by atoms with Gasteiger partial charge in [-0.2, -0.15) is 54.6 Å². The van der Waals surface area contributed by atoms with Gasteiger partial charge in [-0.05, 0) is 26.2 Å². The molecule has 0 saturated heterocycles. The van der Waals surface area contributed by atoms with Crippen molar-refractivity contribution in [3.8, 4) is 17.2 Å². The van der Waals surface area contributed by atoms with Gasteiger partial charge in [-0.25, -0.2) is 0 Å². The number of ether oxygens (including phenoxy) is 3. The largest absolute Gasteiger partial charge is 0.516 e. The second kappa shape index (κ2) is 19.2. The van der Waals surface area contributed by atoms with Crippen LogP contribution in [0.2, 0.25) is 0 Å². The molecule has 3 aliphatic heterocycles. The third kappa shape index (κ3) is 10.8. The summed E-state index contributed by atoms with van der Waals surface area (Å²) < 4.78 is 16.5. The summed E-state index contributed by atoms with van der Waals surface area (Å²) in [6.45, 7) is 2.22. The van der Waals surface area contributed by atoms with Crippen molar-refractivity contribution >= 4 is 6.29 Å². The number of aryl methyl sites for hydroxylation is 3. The number of carbonyl (C=O) groups is 1. The number of aliphatic hydroxyl groups excluding tert-OH is 1. The molecule has 38 heavy (non-hydrogen) atoms. The minimum atomic E-state index is -0.250. The fourth-order valence-corrected chi connectivity index (χ4v) is 4.22. The Bertz CT molecular complexity index is 1110. The molecule has 3 aromatic rings. The zero-order valence-electron chi connectivity index (χ0n) is 21.8.